The van der Waals surface area contributed by atoms with Crippen molar-refractivity contribution in [2.45, 2.75) is 38.5 Å². The molecule has 0 radical (unpaired) electrons. The van der Waals surface area contributed by atoms with E-state index in [9.17, 15) is 14.0 Å². The summed E-state index contributed by atoms with van der Waals surface area (Å²) in [7, 11) is 1.30. The molecule has 4 nitrogen and oxygen atoms in total. The smallest absolute Gasteiger partial charge is 0.307 e. The zero-order valence-electron chi connectivity index (χ0n) is 14.4. The number of rotatable bonds is 7. The number of ether oxygens (including phenoxy) is 1. The van der Waals surface area contributed by atoms with E-state index < -0.39 is 17.7 Å². The summed E-state index contributed by atoms with van der Waals surface area (Å²) in [6.07, 6.45) is 7.43. The first-order valence-electron chi connectivity index (χ1n) is 8.51. The van der Waals surface area contributed by atoms with Crippen molar-refractivity contribution in [2.24, 2.45) is 0 Å². The number of amides is 1. The molecule has 1 amide bonds. The molecule has 0 aromatic heterocycles. The van der Waals surface area contributed by atoms with Gasteiger partial charge in [0.2, 0.25) is 0 Å². The Balaban J connectivity index is 2.13. The summed E-state index contributed by atoms with van der Waals surface area (Å²) in [6, 6.07) is 4.15. The van der Waals surface area contributed by atoms with Gasteiger partial charge in [0, 0.05) is 13.1 Å². The van der Waals surface area contributed by atoms with Crippen LogP contribution in [0.3, 0.4) is 0 Å². The second-order valence-electron chi connectivity index (χ2n) is 6.07. The number of hydrogen-bond acceptors (Lipinski definition) is 3. The van der Waals surface area contributed by atoms with Crippen molar-refractivity contribution in [3.05, 3.63) is 46.3 Å². The van der Waals surface area contributed by atoms with Crippen LogP contribution in [0.25, 0.3) is 0 Å². The number of methoxy groups -OCH3 is 1. The molecular weight excluding hydrogens is 345 g/mol. The third-order valence-electron chi connectivity index (χ3n) is 4.37. The molecule has 2 rings (SSSR count). The highest BCUT2D eigenvalue weighted by atomic mass is 35.5. The van der Waals surface area contributed by atoms with Crippen LogP contribution < -0.4 is 0 Å². The minimum absolute atomic E-state index is 0.0629. The quantitative estimate of drug-likeness (QED) is 0.531. The van der Waals surface area contributed by atoms with Gasteiger partial charge >= 0.3 is 5.97 Å². The molecule has 0 N–H and O–H groups in total. The first-order valence-corrected chi connectivity index (χ1v) is 8.88. The molecule has 136 valence electrons. The minimum atomic E-state index is -0.655. The fourth-order valence-electron chi connectivity index (χ4n) is 2.91. The summed E-state index contributed by atoms with van der Waals surface area (Å²) >= 11 is 6.02. The molecular formula is C19H23ClFNO3. The van der Waals surface area contributed by atoms with Crippen molar-refractivity contribution >= 4 is 23.5 Å². The maximum atomic E-state index is 14.1. The van der Waals surface area contributed by atoms with Crippen LogP contribution in [0.1, 0.15) is 48.9 Å². The van der Waals surface area contributed by atoms with E-state index >= 15 is 0 Å². The third kappa shape index (κ3) is 5.56. The van der Waals surface area contributed by atoms with E-state index in [0.717, 1.165) is 25.7 Å². The van der Waals surface area contributed by atoms with Gasteiger partial charge in [-0.1, -0.05) is 29.3 Å². The third-order valence-corrected chi connectivity index (χ3v) is 4.68. The molecule has 0 bridgehead atoms. The topological polar surface area (TPSA) is 46.6 Å². The molecule has 1 aliphatic carbocycles. The number of carbonyl (C=O) groups is 2. The molecule has 0 heterocycles. The van der Waals surface area contributed by atoms with Crippen LogP contribution in [0.15, 0.2) is 29.8 Å². The Bertz CT molecular complexity index is 640. The average molecular weight is 368 g/mol. The van der Waals surface area contributed by atoms with Gasteiger partial charge in [-0.05, 0) is 44.2 Å². The molecule has 0 fully saturated rings. The molecule has 0 spiro atoms. The highest BCUT2D eigenvalue weighted by molar-refractivity contribution is 6.33. The van der Waals surface area contributed by atoms with Crippen molar-refractivity contribution < 1.29 is 18.7 Å². The van der Waals surface area contributed by atoms with Crippen molar-refractivity contribution in [2.75, 3.05) is 20.2 Å². The molecule has 0 aliphatic heterocycles. The van der Waals surface area contributed by atoms with Crippen LogP contribution in [0.2, 0.25) is 5.02 Å². The number of esters is 1. The Hall–Kier alpha value is -1.88. The van der Waals surface area contributed by atoms with Crippen LogP contribution in [0.4, 0.5) is 4.39 Å². The van der Waals surface area contributed by atoms with Crippen LogP contribution in [0, 0.1) is 5.82 Å². The lowest BCUT2D eigenvalue weighted by Crippen LogP contribution is -2.35. The zero-order chi connectivity index (χ0) is 18.2. The second-order valence-corrected chi connectivity index (χ2v) is 6.48. The Labute approximate surface area is 152 Å². The van der Waals surface area contributed by atoms with E-state index in [1.165, 1.54) is 42.2 Å². The van der Waals surface area contributed by atoms with Crippen molar-refractivity contribution in [1.82, 2.24) is 4.90 Å². The maximum Gasteiger partial charge on any atom is 0.307 e. The van der Waals surface area contributed by atoms with Gasteiger partial charge in [0.25, 0.3) is 5.91 Å². The van der Waals surface area contributed by atoms with Gasteiger partial charge in [0.15, 0.2) is 0 Å². The van der Waals surface area contributed by atoms with Crippen LogP contribution in [-0.4, -0.2) is 37.0 Å². The number of hydrogen-bond donors (Lipinski definition) is 0. The largest absolute Gasteiger partial charge is 0.469 e. The van der Waals surface area contributed by atoms with E-state index in [0.29, 0.717) is 6.54 Å². The standard InChI is InChI=1S/C19H23ClFNO3/c1-25-17(23)11-13-22(12-10-14-6-3-2-4-7-14)19(24)18-15(20)8-5-9-16(18)21/h5-6,8-9H,2-4,7,10-13H2,1H3. The predicted molar refractivity (Wildman–Crippen MR) is 95.1 cm³/mol. The molecule has 0 saturated heterocycles. The second kappa shape index (κ2) is 9.56. The fourth-order valence-corrected chi connectivity index (χ4v) is 3.16. The van der Waals surface area contributed by atoms with Crippen molar-refractivity contribution in [1.29, 1.82) is 0 Å². The van der Waals surface area contributed by atoms with Gasteiger partial charge < -0.3 is 9.64 Å². The first kappa shape index (κ1) is 19.4. The van der Waals surface area contributed by atoms with Gasteiger partial charge in [-0.3, -0.25) is 9.59 Å². The first-order chi connectivity index (χ1) is 12.0. The normalized spacial score (nSPS) is 14.0. The van der Waals surface area contributed by atoms with Crippen molar-refractivity contribution in [3.63, 3.8) is 0 Å². The maximum absolute atomic E-state index is 14.1. The molecule has 0 unspecified atom stereocenters. The van der Waals surface area contributed by atoms with Crippen LogP contribution in [-0.2, 0) is 9.53 Å². The molecule has 0 atom stereocenters. The summed E-state index contributed by atoms with van der Waals surface area (Å²) in [6.45, 7) is 0.593. The van der Waals surface area contributed by atoms with Crippen LogP contribution in [0.5, 0.6) is 0 Å². The fraction of sp³-hybridized carbons (Fsp3) is 0.474. The van der Waals surface area contributed by atoms with Gasteiger partial charge in [-0.15, -0.1) is 0 Å². The lowest BCUT2D eigenvalue weighted by atomic mass is 9.97. The van der Waals surface area contributed by atoms with Gasteiger partial charge in [0.05, 0.1) is 24.1 Å². The summed E-state index contributed by atoms with van der Waals surface area (Å²) < 4.78 is 18.7. The molecule has 1 aromatic rings. The van der Waals surface area contributed by atoms with Gasteiger partial charge in [-0.2, -0.15) is 0 Å². The van der Waals surface area contributed by atoms with E-state index in [1.54, 1.807) is 0 Å². The predicted octanol–water partition coefficient (Wildman–Crippen LogP) is 4.37. The number of nitrogens with zero attached hydrogens (tertiary/aromatic N) is 1. The summed E-state index contributed by atoms with van der Waals surface area (Å²) in [5.74, 6) is -1.56. The molecule has 6 heteroatoms. The number of halogens is 2. The van der Waals surface area contributed by atoms with E-state index in [1.807, 2.05) is 0 Å². The summed E-state index contributed by atoms with van der Waals surface area (Å²) in [4.78, 5) is 25.7. The molecule has 25 heavy (non-hydrogen) atoms. The van der Waals surface area contributed by atoms with Gasteiger partial charge in [-0.25, -0.2) is 4.39 Å². The Kier molecular flexibility index (Phi) is 7.44. The lowest BCUT2D eigenvalue weighted by molar-refractivity contribution is -0.140. The molecule has 1 aromatic carbocycles. The Morgan fingerprint density at radius 2 is 2.08 bits per heavy atom. The Morgan fingerprint density at radius 3 is 2.72 bits per heavy atom. The molecule has 1 aliphatic rings. The van der Waals surface area contributed by atoms with Gasteiger partial charge in [0.1, 0.15) is 5.82 Å². The minimum Gasteiger partial charge on any atom is -0.469 e. The number of benzene rings is 1. The molecule has 0 saturated carbocycles. The summed E-state index contributed by atoms with van der Waals surface area (Å²) in [5, 5.41) is 0.0740. The van der Waals surface area contributed by atoms with E-state index in [2.05, 4.69) is 10.8 Å². The van der Waals surface area contributed by atoms with E-state index in [4.69, 9.17) is 11.6 Å². The SMILES string of the molecule is COC(=O)CCN(CCC1=CCCCC1)C(=O)c1c(F)cccc1Cl. The monoisotopic (exact) mass is 367 g/mol. The number of carbonyl (C=O) groups excluding carboxylic acids is 2. The lowest BCUT2D eigenvalue weighted by Gasteiger charge is -2.24. The van der Waals surface area contributed by atoms with E-state index in [-0.39, 0.29) is 23.6 Å². The summed E-state index contributed by atoms with van der Waals surface area (Å²) in [5.41, 5.74) is 1.16. The highest BCUT2D eigenvalue weighted by Gasteiger charge is 2.23. The average Bonchev–Trinajstić information content (AvgIpc) is 2.62. The van der Waals surface area contributed by atoms with Crippen LogP contribution >= 0.6 is 11.6 Å². The number of allylic oxidation sites excluding steroid dienone is 1. The zero-order valence-corrected chi connectivity index (χ0v) is 15.2. The highest BCUT2D eigenvalue weighted by Crippen LogP contribution is 2.23. The van der Waals surface area contributed by atoms with Crippen molar-refractivity contribution in [3.8, 4) is 0 Å². The Morgan fingerprint density at radius 1 is 1.28 bits per heavy atom.